The number of nitrogens with zero attached hydrogens (tertiary/aromatic N) is 2. The fourth-order valence-corrected chi connectivity index (χ4v) is 3.36. The topological polar surface area (TPSA) is 49.0 Å². The fraction of sp³-hybridized carbons (Fsp3) is 0.263. The second-order valence-electron chi connectivity index (χ2n) is 6.03. The van der Waals surface area contributed by atoms with E-state index in [0.717, 1.165) is 29.0 Å². The van der Waals surface area contributed by atoms with E-state index in [2.05, 4.69) is 23.0 Å². The zero-order chi connectivity index (χ0) is 15.8. The Hall–Kier alpha value is -2.62. The van der Waals surface area contributed by atoms with Crippen molar-refractivity contribution in [3.8, 4) is 0 Å². The maximum Gasteiger partial charge on any atom is 0.227 e. The Kier molecular flexibility index (Phi) is 3.37. The third-order valence-corrected chi connectivity index (χ3v) is 4.58. The molecule has 4 nitrogen and oxygen atoms in total. The quantitative estimate of drug-likeness (QED) is 0.803. The van der Waals surface area contributed by atoms with Crippen molar-refractivity contribution in [1.29, 1.82) is 0 Å². The molecule has 3 aromatic rings. The van der Waals surface area contributed by atoms with E-state index in [9.17, 15) is 4.79 Å². The highest BCUT2D eigenvalue weighted by atomic mass is 16.2. The van der Waals surface area contributed by atoms with Gasteiger partial charge in [0.05, 0.1) is 11.0 Å². The average molecular weight is 305 g/mol. The summed E-state index contributed by atoms with van der Waals surface area (Å²) in [4.78, 5) is 22.5. The summed E-state index contributed by atoms with van der Waals surface area (Å²) in [5.41, 5.74) is 4.24. The molecule has 4 rings (SSSR count). The lowest BCUT2D eigenvalue weighted by molar-refractivity contribution is -0.117. The summed E-state index contributed by atoms with van der Waals surface area (Å²) < 4.78 is 0. The third kappa shape index (κ3) is 2.40. The largest absolute Gasteiger partial charge is 0.342 e. The first-order chi connectivity index (χ1) is 11.3. The summed E-state index contributed by atoms with van der Waals surface area (Å²) in [5.74, 6) is 1.21. The summed E-state index contributed by atoms with van der Waals surface area (Å²) in [6.07, 6.45) is 1.44. The first-order valence-electron chi connectivity index (χ1n) is 8.09. The monoisotopic (exact) mass is 305 g/mol. The molecule has 1 fully saturated rings. The van der Waals surface area contributed by atoms with Crippen LogP contribution < -0.4 is 4.90 Å². The molecule has 1 aliphatic heterocycles. The van der Waals surface area contributed by atoms with Gasteiger partial charge < -0.3 is 9.88 Å². The van der Waals surface area contributed by atoms with E-state index >= 15 is 0 Å². The summed E-state index contributed by atoms with van der Waals surface area (Å²) in [6, 6.07) is 16.2. The number of H-pyrrole nitrogens is 1. The Morgan fingerprint density at radius 1 is 1.17 bits per heavy atom. The van der Waals surface area contributed by atoms with Gasteiger partial charge in [-0.2, -0.15) is 0 Å². The number of aromatic nitrogens is 2. The second-order valence-corrected chi connectivity index (χ2v) is 6.03. The number of carbonyl (C=O) groups excluding carboxylic acids is 1. The highest BCUT2D eigenvalue weighted by Gasteiger charge is 2.34. The SMILES string of the molecule is CCc1ccccc1N1C[C@@H](c2nc3ccccc3[nH]2)CC1=O. The maximum absolute atomic E-state index is 12.5. The molecule has 0 bridgehead atoms. The number of hydrogen-bond acceptors (Lipinski definition) is 2. The van der Waals surface area contributed by atoms with Crippen molar-refractivity contribution in [2.24, 2.45) is 0 Å². The van der Waals surface area contributed by atoms with Crippen LogP contribution in [0, 0.1) is 0 Å². The van der Waals surface area contributed by atoms with Crippen LogP contribution in [0.1, 0.15) is 30.7 Å². The smallest absolute Gasteiger partial charge is 0.227 e. The molecule has 0 unspecified atom stereocenters. The minimum Gasteiger partial charge on any atom is -0.342 e. The molecule has 116 valence electrons. The van der Waals surface area contributed by atoms with Gasteiger partial charge in [-0.15, -0.1) is 0 Å². The average Bonchev–Trinajstić information content (AvgIpc) is 3.18. The van der Waals surface area contributed by atoms with Gasteiger partial charge in [0, 0.05) is 24.6 Å². The number of para-hydroxylation sites is 3. The molecule has 2 aromatic carbocycles. The van der Waals surface area contributed by atoms with Crippen LogP contribution in [0.2, 0.25) is 0 Å². The highest BCUT2D eigenvalue weighted by molar-refractivity contribution is 5.97. The molecule has 0 spiro atoms. The van der Waals surface area contributed by atoms with Crippen LogP contribution in [-0.2, 0) is 11.2 Å². The summed E-state index contributed by atoms with van der Waals surface area (Å²) >= 11 is 0. The van der Waals surface area contributed by atoms with E-state index in [0.29, 0.717) is 13.0 Å². The van der Waals surface area contributed by atoms with Gasteiger partial charge in [0.1, 0.15) is 5.82 Å². The number of nitrogens with one attached hydrogen (secondary N) is 1. The van der Waals surface area contributed by atoms with Crippen molar-refractivity contribution in [3.05, 3.63) is 59.9 Å². The van der Waals surface area contributed by atoms with E-state index < -0.39 is 0 Å². The van der Waals surface area contributed by atoms with Crippen molar-refractivity contribution in [2.45, 2.75) is 25.7 Å². The fourth-order valence-electron chi connectivity index (χ4n) is 3.36. The number of amides is 1. The molecule has 1 saturated heterocycles. The molecule has 2 heterocycles. The van der Waals surface area contributed by atoms with Crippen LogP contribution in [0.4, 0.5) is 5.69 Å². The molecule has 1 aliphatic rings. The maximum atomic E-state index is 12.5. The normalized spacial score (nSPS) is 18.0. The van der Waals surface area contributed by atoms with E-state index in [-0.39, 0.29) is 11.8 Å². The number of aryl methyl sites for hydroxylation is 1. The Bertz CT molecular complexity index is 835. The molecular formula is C19H19N3O. The Morgan fingerprint density at radius 2 is 1.96 bits per heavy atom. The van der Waals surface area contributed by atoms with Gasteiger partial charge in [-0.05, 0) is 30.2 Å². The molecule has 1 aromatic heterocycles. The molecule has 1 atom stereocenters. The van der Waals surface area contributed by atoms with Crippen LogP contribution in [0.15, 0.2) is 48.5 Å². The molecule has 1 N–H and O–H groups in total. The number of anilines is 1. The van der Waals surface area contributed by atoms with E-state index in [1.54, 1.807) is 0 Å². The lowest BCUT2D eigenvalue weighted by Gasteiger charge is -2.19. The van der Waals surface area contributed by atoms with Crippen LogP contribution in [0.3, 0.4) is 0 Å². The van der Waals surface area contributed by atoms with Crippen LogP contribution >= 0.6 is 0 Å². The molecular weight excluding hydrogens is 286 g/mol. The van der Waals surface area contributed by atoms with Crippen molar-refractivity contribution in [1.82, 2.24) is 9.97 Å². The van der Waals surface area contributed by atoms with Gasteiger partial charge in [0.2, 0.25) is 5.91 Å². The van der Waals surface area contributed by atoms with Gasteiger partial charge in [0.15, 0.2) is 0 Å². The van der Waals surface area contributed by atoms with Crippen molar-refractivity contribution >= 4 is 22.6 Å². The second kappa shape index (κ2) is 5.54. The molecule has 0 radical (unpaired) electrons. The first kappa shape index (κ1) is 14.0. The zero-order valence-electron chi connectivity index (χ0n) is 13.1. The summed E-state index contributed by atoms with van der Waals surface area (Å²) in [5, 5.41) is 0. The van der Waals surface area contributed by atoms with E-state index in [1.807, 2.05) is 47.4 Å². The summed E-state index contributed by atoms with van der Waals surface area (Å²) in [6.45, 7) is 2.81. The highest BCUT2D eigenvalue weighted by Crippen LogP contribution is 2.33. The number of fused-ring (bicyclic) bond motifs is 1. The van der Waals surface area contributed by atoms with Crippen LogP contribution in [0.5, 0.6) is 0 Å². The zero-order valence-corrected chi connectivity index (χ0v) is 13.1. The number of carbonyl (C=O) groups is 1. The molecule has 1 amide bonds. The number of hydrogen-bond donors (Lipinski definition) is 1. The molecule has 23 heavy (non-hydrogen) atoms. The number of benzene rings is 2. The third-order valence-electron chi connectivity index (χ3n) is 4.58. The van der Waals surface area contributed by atoms with Gasteiger partial charge in [-0.25, -0.2) is 4.98 Å². The molecule has 0 saturated carbocycles. The Labute approximate surface area is 135 Å². The van der Waals surface area contributed by atoms with Crippen molar-refractivity contribution in [3.63, 3.8) is 0 Å². The standard InChI is InChI=1S/C19H19N3O/c1-2-13-7-3-6-10-17(13)22-12-14(11-18(22)23)19-20-15-8-4-5-9-16(15)21-19/h3-10,14H,2,11-12H2,1H3,(H,20,21)/t14-/m0/s1. The van der Waals surface area contributed by atoms with Crippen LogP contribution in [0.25, 0.3) is 11.0 Å². The first-order valence-corrected chi connectivity index (χ1v) is 8.09. The Morgan fingerprint density at radius 3 is 2.78 bits per heavy atom. The van der Waals surface area contributed by atoms with Crippen LogP contribution in [-0.4, -0.2) is 22.4 Å². The van der Waals surface area contributed by atoms with E-state index in [1.165, 1.54) is 5.56 Å². The predicted molar refractivity (Wildman–Crippen MR) is 91.6 cm³/mol. The minimum atomic E-state index is 0.125. The minimum absolute atomic E-state index is 0.125. The number of aromatic amines is 1. The number of rotatable bonds is 3. The number of imidazole rings is 1. The Balaban J connectivity index is 1.65. The van der Waals surface area contributed by atoms with Gasteiger partial charge in [0.25, 0.3) is 0 Å². The molecule has 4 heteroatoms. The van der Waals surface area contributed by atoms with Crippen molar-refractivity contribution < 1.29 is 4.79 Å². The lowest BCUT2D eigenvalue weighted by atomic mass is 10.1. The van der Waals surface area contributed by atoms with Gasteiger partial charge in [-0.1, -0.05) is 37.3 Å². The van der Waals surface area contributed by atoms with Crippen molar-refractivity contribution in [2.75, 3.05) is 11.4 Å². The van der Waals surface area contributed by atoms with Gasteiger partial charge >= 0.3 is 0 Å². The van der Waals surface area contributed by atoms with E-state index in [4.69, 9.17) is 0 Å². The predicted octanol–water partition coefficient (Wildman–Crippen LogP) is 3.65. The summed E-state index contributed by atoms with van der Waals surface area (Å²) in [7, 11) is 0. The molecule has 0 aliphatic carbocycles. The van der Waals surface area contributed by atoms with Gasteiger partial charge in [-0.3, -0.25) is 4.79 Å². The lowest BCUT2D eigenvalue weighted by Crippen LogP contribution is -2.25.